The van der Waals surface area contributed by atoms with Gasteiger partial charge in [-0.15, -0.1) is 0 Å². The van der Waals surface area contributed by atoms with E-state index in [0.717, 1.165) is 16.0 Å². The van der Waals surface area contributed by atoms with E-state index in [9.17, 15) is 45.5 Å². The summed E-state index contributed by atoms with van der Waals surface area (Å²) in [5.74, 6) is -2.00. The number of ether oxygens (including phenoxy) is 1. The molecule has 2 atom stereocenters. The quantitative estimate of drug-likeness (QED) is 0.166. The van der Waals surface area contributed by atoms with Crippen LogP contribution in [0.5, 0.6) is 0 Å². The number of hydrogen-bond acceptors (Lipinski definition) is 11. The van der Waals surface area contributed by atoms with Crippen molar-refractivity contribution in [3.05, 3.63) is 47.8 Å². The molecule has 1 unspecified atom stereocenters. The summed E-state index contributed by atoms with van der Waals surface area (Å²) in [7, 11) is 0. The van der Waals surface area contributed by atoms with Crippen LogP contribution < -0.4 is 20.9 Å². The van der Waals surface area contributed by atoms with E-state index in [1.807, 2.05) is 0 Å². The molecule has 14 nitrogen and oxygen atoms in total. The number of carbonyl (C=O) groups is 4. The lowest BCUT2D eigenvalue weighted by atomic mass is 9.89. The normalized spacial score (nSPS) is 24.5. The molecule has 6 rings (SSSR count). The molecule has 0 bridgehead atoms. The minimum atomic E-state index is -4.88. The topological polar surface area (TPSA) is 163 Å². The Hall–Kier alpha value is -4.91. The van der Waals surface area contributed by atoms with Crippen LogP contribution in [0.15, 0.2) is 36.5 Å². The molecule has 3 saturated heterocycles. The van der Waals surface area contributed by atoms with Crippen LogP contribution in [0.1, 0.15) is 63.6 Å². The van der Waals surface area contributed by atoms with Gasteiger partial charge in [0.25, 0.3) is 5.91 Å². The van der Waals surface area contributed by atoms with Crippen molar-refractivity contribution in [2.24, 2.45) is 0 Å². The van der Waals surface area contributed by atoms with Crippen LogP contribution in [0.25, 0.3) is 0 Å². The second-order valence-electron chi connectivity index (χ2n) is 15.5. The van der Waals surface area contributed by atoms with Gasteiger partial charge in [-0.3, -0.25) is 39.2 Å². The molecule has 3 N–H and O–H groups in total. The Morgan fingerprint density at radius 2 is 1.76 bits per heavy atom. The maximum absolute atomic E-state index is 14.3. The Morgan fingerprint density at radius 3 is 2.42 bits per heavy atom. The zero-order valence-corrected chi connectivity index (χ0v) is 33.0. The number of rotatable bonds is 11. The number of anilines is 3. The van der Waals surface area contributed by atoms with E-state index >= 15 is 0 Å². The number of piperazine rings is 1. The van der Waals surface area contributed by atoms with E-state index in [4.69, 9.17) is 22.2 Å². The van der Waals surface area contributed by atoms with E-state index in [2.05, 4.69) is 20.9 Å². The van der Waals surface area contributed by atoms with E-state index in [-0.39, 0.29) is 68.1 Å². The van der Waals surface area contributed by atoms with Crippen LogP contribution in [-0.4, -0.2) is 124 Å². The number of pyridine rings is 1. The van der Waals surface area contributed by atoms with E-state index < -0.39 is 65.5 Å². The van der Waals surface area contributed by atoms with Crippen molar-refractivity contribution in [2.45, 2.75) is 94.5 Å². The minimum Gasteiger partial charge on any atom is -0.377 e. The highest BCUT2D eigenvalue weighted by molar-refractivity contribution is 7.80. The smallest absolute Gasteiger partial charge is 0.377 e. The van der Waals surface area contributed by atoms with Gasteiger partial charge in [-0.2, -0.15) is 31.6 Å². The van der Waals surface area contributed by atoms with E-state index in [0.29, 0.717) is 49.5 Å². The maximum Gasteiger partial charge on any atom is 0.419 e. The fraction of sp³-hybridized carbons (Fsp3) is 0.553. The van der Waals surface area contributed by atoms with Gasteiger partial charge in [-0.1, -0.05) is 6.07 Å². The molecule has 318 valence electrons. The Kier molecular flexibility index (Phi) is 12.8. The predicted octanol–water partition coefficient (Wildman–Crippen LogP) is 4.42. The second kappa shape index (κ2) is 17.4. The molecule has 1 aliphatic carbocycles. The molecule has 1 saturated carbocycles. The van der Waals surface area contributed by atoms with Gasteiger partial charge in [0.2, 0.25) is 17.7 Å². The molecule has 2 aromatic rings. The third kappa shape index (κ3) is 9.94. The number of aromatic nitrogens is 1. The molecular weight excluding hydrogens is 809 g/mol. The van der Waals surface area contributed by atoms with Crippen molar-refractivity contribution < 1.29 is 50.3 Å². The molecule has 4 heterocycles. The van der Waals surface area contributed by atoms with Gasteiger partial charge in [-0.25, -0.2) is 4.98 Å². The molecule has 4 aliphatic rings. The standard InChI is InChI=1S/C38H43F6N9O5S/c1-36(2)34(57)52(25-17-27(37(39,40)41)29(18-45)46-19-25)35(59)53(36)24-6-8-26(9-7-24)58-15-14-50-12-13-51(30(20-50)38(42,43)44)21-32(55)48-23-5-3-4-22(16-23)47-28-10-11-31(54)49-33(28)56/h3-5,16-17,19,24,26,28,30,47H,6-15,20-21H2,1-2H3,(H,48,55)(H,49,54,56)/t24?,26?,28?,30-/m1/s1. The van der Waals surface area contributed by atoms with Crippen molar-refractivity contribution in [1.82, 2.24) is 25.0 Å². The number of thiocarbonyl (C=S) groups is 1. The zero-order valence-electron chi connectivity index (χ0n) is 32.2. The highest BCUT2D eigenvalue weighted by atomic mass is 32.1. The number of nitrogens with zero attached hydrogens (tertiary/aromatic N) is 6. The van der Waals surface area contributed by atoms with E-state index in [1.165, 1.54) is 6.07 Å². The Balaban J connectivity index is 0.971. The van der Waals surface area contributed by atoms with Crippen molar-refractivity contribution >= 4 is 58.0 Å². The van der Waals surface area contributed by atoms with Crippen LogP contribution >= 0.6 is 12.2 Å². The molecule has 21 heteroatoms. The number of carbonyl (C=O) groups excluding carboxylic acids is 4. The van der Waals surface area contributed by atoms with Crippen LogP contribution in [0.4, 0.5) is 43.4 Å². The van der Waals surface area contributed by atoms with Gasteiger partial charge < -0.3 is 20.3 Å². The number of hydrogen-bond donors (Lipinski definition) is 3. The van der Waals surface area contributed by atoms with Crippen LogP contribution in [0.3, 0.4) is 0 Å². The van der Waals surface area contributed by atoms with Crippen LogP contribution in [0, 0.1) is 11.3 Å². The predicted molar refractivity (Wildman–Crippen MR) is 205 cm³/mol. The molecule has 1 aromatic carbocycles. The molecule has 4 fully saturated rings. The lowest BCUT2D eigenvalue weighted by Crippen LogP contribution is -2.60. The maximum atomic E-state index is 14.3. The monoisotopic (exact) mass is 851 g/mol. The highest BCUT2D eigenvalue weighted by Gasteiger charge is 2.53. The van der Waals surface area contributed by atoms with Gasteiger partial charge in [0.1, 0.15) is 23.7 Å². The summed E-state index contributed by atoms with van der Waals surface area (Å²) < 4.78 is 90.0. The Bertz CT molecular complexity index is 2000. The van der Waals surface area contributed by atoms with Gasteiger partial charge in [0.15, 0.2) is 10.8 Å². The van der Waals surface area contributed by atoms with Crippen molar-refractivity contribution in [2.75, 3.05) is 54.9 Å². The number of piperidine rings is 1. The molecule has 1 aromatic heterocycles. The summed E-state index contributed by atoms with van der Waals surface area (Å²) in [4.78, 5) is 59.2. The molecular formula is C38H43F6N9O5S. The average molecular weight is 852 g/mol. The SMILES string of the molecule is CC1(C)C(=O)N(c2cnc(C#N)c(C(F)(F)F)c2)C(=S)N1C1CCC(OCCN2CCN(CC(=O)Nc3cccc(NC4CCC(=O)NC4=O)c3)[C@@H](C(F)(F)F)C2)CC1. The number of nitriles is 1. The zero-order chi connectivity index (χ0) is 42.9. The molecule has 59 heavy (non-hydrogen) atoms. The fourth-order valence-corrected chi connectivity index (χ4v) is 8.60. The first kappa shape index (κ1) is 43.7. The van der Waals surface area contributed by atoms with Crippen LogP contribution in [-0.2, 0) is 30.1 Å². The average Bonchev–Trinajstić information content (AvgIpc) is 3.34. The summed E-state index contributed by atoms with van der Waals surface area (Å²) in [6, 6.07) is 5.74. The number of imide groups is 1. The first-order valence-corrected chi connectivity index (χ1v) is 19.5. The first-order chi connectivity index (χ1) is 27.8. The Morgan fingerprint density at radius 1 is 1.05 bits per heavy atom. The van der Waals surface area contributed by atoms with E-state index in [1.54, 1.807) is 47.9 Å². The Labute approximate surface area is 341 Å². The lowest BCUT2D eigenvalue weighted by Gasteiger charge is -2.42. The van der Waals surface area contributed by atoms with Gasteiger partial charge in [0, 0.05) is 50.0 Å². The summed E-state index contributed by atoms with van der Waals surface area (Å²) in [5.41, 5.74) is -2.67. The molecule has 4 amide bonds. The summed E-state index contributed by atoms with van der Waals surface area (Å²) in [6.07, 6.45) is -6.05. The largest absolute Gasteiger partial charge is 0.419 e. The number of alkyl halides is 6. The van der Waals surface area contributed by atoms with Gasteiger partial charge in [-0.05, 0) is 82.4 Å². The highest BCUT2D eigenvalue weighted by Crippen LogP contribution is 2.40. The lowest BCUT2D eigenvalue weighted by molar-refractivity contribution is -0.197. The first-order valence-electron chi connectivity index (χ1n) is 19.1. The summed E-state index contributed by atoms with van der Waals surface area (Å²) in [6.45, 7) is 3.06. The third-order valence-electron chi connectivity index (χ3n) is 11.1. The number of benzene rings is 1. The minimum absolute atomic E-state index is 0.0167. The third-order valence-corrected chi connectivity index (χ3v) is 11.4. The van der Waals surface area contributed by atoms with Gasteiger partial charge >= 0.3 is 12.4 Å². The van der Waals surface area contributed by atoms with Crippen LogP contribution in [0.2, 0.25) is 0 Å². The summed E-state index contributed by atoms with van der Waals surface area (Å²) in [5, 5.41) is 17.0. The second-order valence-corrected chi connectivity index (χ2v) is 15.8. The number of halogens is 6. The van der Waals surface area contributed by atoms with Crippen molar-refractivity contribution in [1.29, 1.82) is 5.26 Å². The fourth-order valence-electron chi connectivity index (χ4n) is 8.03. The van der Waals surface area contributed by atoms with Crippen molar-refractivity contribution in [3.63, 3.8) is 0 Å². The molecule has 3 aliphatic heterocycles. The number of amides is 4. The van der Waals surface area contributed by atoms with Crippen molar-refractivity contribution in [3.8, 4) is 6.07 Å². The molecule has 0 radical (unpaired) electrons. The van der Waals surface area contributed by atoms with Gasteiger partial charge in [0.05, 0.1) is 36.7 Å². The molecule has 0 spiro atoms. The number of nitrogens with one attached hydrogen (secondary N) is 3. The summed E-state index contributed by atoms with van der Waals surface area (Å²) >= 11 is 5.65.